The SMILES string of the molecule is OC1c2ccccc2-c2cccc(C(F)(F)C(F)(F)F)c21. The molecule has 21 heavy (non-hydrogen) atoms. The fraction of sp³-hybridized carbons (Fsp3) is 0.200. The molecule has 0 fully saturated rings. The third kappa shape index (κ3) is 1.86. The van der Waals surface area contributed by atoms with Crippen LogP contribution in [0.15, 0.2) is 42.5 Å². The van der Waals surface area contributed by atoms with Gasteiger partial charge in [0.05, 0.1) is 0 Å². The highest BCUT2D eigenvalue weighted by Crippen LogP contribution is 2.52. The quantitative estimate of drug-likeness (QED) is 0.774. The van der Waals surface area contributed by atoms with Crippen molar-refractivity contribution in [2.24, 2.45) is 0 Å². The van der Waals surface area contributed by atoms with Crippen molar-refractivity contribution in [3.63, 3.8) is 0 Å². The summed E-state index contributed by atoms with van der Waals surface area (Å²) in [7, 11) is 0. The van der Waals surface area contributed by atoms with Crippen molar-refractivity contribution >= 4 is 0 Å². The summed E-state index contributed by atoms with van der Waals surface area (Å²) in [5, 5.41) is 10.1. The third-order valence-electron chi connectivity index (χ3n) is 3.62. The van der Waals surface area contributed by atoms with Crippen LogP contribution in [0.2, 0.25) is 0 Å². The molecule has 0 saturated heterocycles. The lowest BCUT2D eigenvalue weighted by Gasteiger charge is -2.23. The van der Waals surface area contributed by atoms with E-state index in [0.717, 1.165) is 6.07 Å². The summed E-state index contributed by atoms with van der Waals surface area (Å²) in [4.78, 5) is 0. The van der Waals surface area contributed by atoms with Crippen molar-refractivity contribution in [2.75, 3.05) is 0 Å². The second kappa shape index (κ2) is 4.27. The molecule has 0 amide bonds. The highest BCUT2D eigenvalue weighted by atomic mass is 19.4. The van der Waals surface area contributed by atoms with E-state index in [1.165, 1.54) is 12.1 Å². The van der Waals surface area contributed by atoms with E-state index in [9.17, 15) is 27.1 Å². The van der Waals surface area contributed by atoms with Crippen LogP contribution in [-0.2, 0) is 5.92 Å². The predicted molar refractivity (Wildman–Crippen MR) is 65.9 cm³/mol. The van der Waals surface area contributed by atoms with Crippen LogP contribution in [0.4, 0.5) is 22.0 Å². The molecule has 1 aliphatic carbocycles. The van der Waals surface area contributed by atoms with E-state index < -0.39 is 23.8 Å². The molecule has 0 spiro atoms. The monoisotopic (exact) mass is 300 g/mol. The lowest BCUT2D eigenvalue weighted by molar-refractivity contribution is -0.289. The smallest absolute Gasteiger partial charge is 0.384 e. The van der Waals surface area contributed by atoms with Gasteiger partial charge in [-0.25, -0.2) is 0 Å². The summed E-state index contributed by atoms with van der Waals surface area (Å²) in [5.41, 5.74) is -0.561. The first kappa shape index (κ1) is 14.0. The Morgan fingerprint density at radius 1 is 0.810 bits per heavy atom. The zero-order chi connectivity index (χ0) is 15.4. The van der Waals surface area contributed by atoms with Gasteiger partial charge in [0.1, 0.15) is 6.10 Å². The number of aliphatic hydroxyl groups excluding tert-OH is 1. The van der Waals surface area contributed by atoms with Gasteiger partial charge in [0.15, 0.2) is 0 Å². The Balaban J connectivity index is 2.27. The van der Waals surface area contributed by atoms with Crippen LogP contribution in [0.5, 0.6) is 0 Å². The number of benzene rings is 2. The number of rotatable bonds is 1. The normalized spacial score (nSPS) is 17.5. The largest absolute Gasteiger partial charge is 0.458 e. The second-order valence-corrected chi connectivity index (χ2v) is 4.83. The molecule has 3 rings (SSSR count). The van der Waals surface area contributed by atoms with Gasteiger partial charge in [0.25, 0.3) is 0 Å². The molecule has 1 atom stereocenters. The summed E-state index contributed by atoms with van der Waals surface area (Å²) in [5.74, 6) is -5.01. The minimum Gasteiger partial charge on any atom is -0.384 e. The van der Waals surface area contributed by atoms with Gasteiger partial charge < -0.3 is 5.11 Å². The molecule has 1 N–H and O–H groups in total. The molecule has 0 heterocycles. The molecule has 110 valence electrons. The first-order chi connectivity index (χ1) is 9.75. The maximum absolute atomic E-state index is 13.7. The zero-order valence-electron chi connectivity index (χ0n) is 10.5. The lowest BCUT2D eigenvalue weighted by Crippen LogP contribution is -2.34. The number of hydrogen-bond acceptors (Lipinski definition) is 1. The van der Waals surface area contributed by atoms with E-state index >= 15 is 0 Å². The molecule has 0 saturated carbocycles. The van der Waals surface area contributed by atoms with Crippen LogP contribution >= 0.6 is 0 Å². The molecule has 2 aromatic rings. The van der Waals surface area contributed by atoms with Gasteiger partial charge in [0.2, 0.25) is 0 Å². The lowest BCUT2D eigenvalue weighted by atomic mass is 9.95. The van der Waals surface area contributed by atoms with E-state index in [0.29, 0.717) is 17.2 Å². The van der Waals surface area contributed by atoms with Gasteiger partial charge in [-0.05, 0) is 16.7 Å². The number of alkyl halides is 5. The minimum absolute atomic E-state index is 0.208. The maximum atomic E-state index is 13.7. The highest BCUT2D eigenvalue weighted by Gasteiger charge is 2.60. The van der Waals surface area contributed by atoms with Gasteiger partial charge in [-0.2, -0.15) is 22.0 Å². The fourth-order valence-electron chi connectivity index (χ4n) is 2.66. The second-order valence-electron chi connectivity index (χ2n) is 4.83. The molecular formula is C15H9F5O. The summed E-state index contributed by atoms with van der Waals surface area (Å²) < 4.78 is 65.2. The third-order valence-corrected chi connectivity index (χ3v) is 3.62. The van der Waals surface area contributed by atoms with Gasteiger partial charge in [-0.3, -0.25) is 0 Å². The van der Waals surface area contributed by atoms with Crippen molar-refractivity contribution in [3.8, 4) is 11.1 Å². The molecule has 1 unspecified atom stereocenters. The first-order valence-electron chi connectivity index (χ1n) is 6.10. The van der Waals surface area contributed by atoms with Crippen molar-refractivity contribution in [3.05, 3.63) is 59.2 Å². The van der Waals surface area contributed by atoms with Crippen LogP contribution in [0.25, 0.3) is 11.1 Å². The Hall–Kier alpha value is -1.95. The molecule has 2 aromatic carbocycles. The number of fused-ring (bicyclic) bond motifs is 3. The van der Waals surface area contributed by atoms with Crippen molar-refractivity contribution in [2.45, 2.75) is 18.2 Å². The summed E-state index contributed by atoms with van der Waals surface area (Å²) in [6.07, 6.45) is -7.20. The molecule has 0 aromatic heterocycles. The Morgan fingerprint density at radius 3 is 2.10 bits per heavy atom. The van der Waals surface area contributed by atoms with Crippen LogP contribution < -0.4 is 0 Å². The van der Waals surface area contributed by atoms with Crippen LogP contribution in [-0.4, -0.2) is 11.3 Å². The van der Waals surface area contributed by atoms with Crippen LogP contribution in [0.3, 0.4) is 0 Å². The Kier molecular flexibility index (Phi) is 2.85. The number of halogens is 5. The zero-order valence-corrected chi connectivity index (χ0v) is 10.5. The minimum atomic E-state index is -5.71. The Bertz CT molecular complexity index is 705. The molecule has 1 nitrogen and oxygen atoms in total. The van der Waals surface area contributed by atoms with E-state index in [1.54, 1.807) is 18.2 Å². The van der Waals surface area contributed by atoms with Gasteiger partial charge in [-0.15, -0.1) is 0 Å². The van der Waals surface area contributed by atoms with Crippen molar-refractivity contribution in [1.29, 1.82) is 0 Å². The van der Waals surface area contributed by atoms with E-state index in [2.05, 4.69) is 0 Å². The molecule has 0 bridgehead atoms. The highest BCUT2D eigenvalue weighted by molar-refractivity contribution is 5.79. The fourth-order valence-corrected chi connectivity index (χ4v) is 2.66. The predicted octanol–water partition coefficient (Wildman–Crippen LogP) is 4.40. The van der Waals surface area contributed by atoms with Crippen molar-refractivity contribution in [1.82, 2.24) is 0 Å². The van der Waals surface area contributed by atoms with Crippen molar-refractivity contribution < 1.29 is 27.1 Å². The summed E-state index contributed by atoms with van der Waals surface area (Å²) >= 11 is 0. The van der Waals surface area contributed by atoms with Gasteiger partial charge >= 0.3 is 12.1 Å². The average molecular weight is 300 g/mol. The molecule has 0 aliphatic heterocycles. The Labute approximate surface area is 116 Å². The first-order valence-corrected chi connectivity index (χ1v) is 6.10. The van der Waals surface area contributed by atoms with Gasteiger partial charge in [-0.1, -0.05) is 42.5 Å². The molecule has 0 radical (unpaired) electrons. The van der Waals surface area contributed by atoms with E-state index in [4.69, 9.17) is 0 Å². The number of hydrogen-bond donors (Lipinski definition) is 1. The van der Waals surface area contributed by atoms with Gasteiger partial charge in [0, 0.05) is 11.1 Å². The number of aliphatic hydroxyl groups is 1. The van der Waals surface area contributed by atoms with Crippen LogP contribution in [0, 0.1) is 0 Å². The topological polar surface area (TPSA) is 20.2 Å². The molecular weight excluding hydrogens is 291 g/mol. The average Bonchev–Trinajstić information content (AvgIpc) is 2.72. The van der Waals surface area contributed by atoms with E-state index in [1.807, 2.05) is 0 Å². The van der Waals surface area contributed by atoms with Crippen LogP contribution in [0.1, 0.15) is 22.8 Å². The summed E-state index contributed by atoms with van der Waals surface area (Å²) in [6, 6.07) is 9.60. The molecule has 1 aliphatic rings. The molecule has 6 heteroatoms. The van der Waals surface area contributed by atoms with E-state index in [-0.39, 0.29) is 11.1 Å². The maximum Gasteiger partial charge on any atom is 0.458 e. The standard InChI is InChI=1S/C15H9F5O/c16-14(17,15(18,19)20)11-7-3-6-9-8-4-1-2-5-10(8)13(21)12(9)11/h1-7,13,21H. The summed E-state index contributed by atoms with van der Waals surface area (Å²) in [6.45, 7) is 0. The Morgan fingerprint density at radius 2 is 1.43 bits per heavy atom.